The predicted molar refractivity (Wildman–Crippen MR) is 86.5 cm³/mol. The number of hydrogen-bond donors (Lipinski definition) is 1. The lowest BCUT2D eigenvalue weighted by Crippen LogP contribution is -2.35. The van der Waals surface area contributed by atoms with E-state index in [1.54, 1.807) is 0 Å². The van der Waals surface area contributed by atoms with Crippen molar-refractivity contribution in [3.8, 4) is 0 Å². The molecule has 122 valence electrons. The first-order valence-electron chi connectivity index (χ1n) is 8.50. The van der Waals surface area contributed by atoms with Crippen molar-refractivity contribution in [1.82, 2.24) is 0 Å². The molecule has 4 atom stereocenters. The van der Waals surface area contributed by atoms with Crippen LogP contribution in [-0.4, -0.2) is 28.7 Å². The normalized spacial score (nSPS) is 41.8. The molecule has 3 rings (SSSR count). The second kappa shape index (κ2) is 5.31. The van der Waals surface area contributed by atoms with Crippen molar-refractivity contribution in [2.45, 2.75) is 77.1 Å². The third-order valence-corrected chi connectivity index (χ3v) is 6.02. The van der Waals surface area contributed by atoms with E-state index in [-0.39, 0.29) is 17.3 Å². The molecule has 1 N–H and O–H groups in total. The number of fused-ring (bicyclic) bond motifs is 3. The Hall–Kier alpha value is -0.930. The third-order valence-electron chi connectivity index (χ3n) is 6.02. The van der Waals surface area contributed by atoms with Gasteiger partial charge in [-0.15, -0.1) is 0 Å². The highest BCUT2D eigenvalue weighted by molar-refractivity contribution is 5.97. The molecule has 3 nitrogen and oxygen atoms in total. The van der Waals surface area contributed by atoms with Crippen LogP contribution >= 0.6 is 0 Å². The number of aliphatic hydroxyl groups is 1. The van der Waals surface area contributed by atoms with Crippen LogP contribution in [-0.2, 0) is 9.53 Å². The predicted octanol–water partition coefficient (Wildman–Crippen LogP) is 3.57. The molecular weight excluding hydrogens is 276 g/mol. The van der Waals surface area contributed by atoms with Crippen LogP contribution in [0.1, 0.15) is 59.3 Å². The van der Waals surface area contributed by atoms with Gasteiger partial charge in [0.2, 0.25) is 0 Å². The van der Waals surface area contributed by atoms with Crippen molar-refractivity contribution in [3.05, 3.63) is 23.8 Å². The van der Waals surface area contributed by atoms with E-state index in [9.17, 15) is 9.90 Å². The SMILES string of the molecule is C=C1CC[C@@H]2CCC=C(C(=O)C[C@]3(C)O[C@H]3[C@@H](O)C1)C2(C)C. The Morgan fingerprint density at radius 3 is 2.77 bits per heavy atom. The van der Waals surface area contributed by atoms with Crippen molar-refractivity contribution < 1.29 is 14.6 Å². The number of carbonyl (C=O) groups is 1. The molecule has 0 spiro atoms. The van der Waals surface area contributed by atoms with E-state index >= 15 is 0 Å². The fraction of sp³-hybridized carbons (Fsp3) is 0.737. The Morgan fingerprint density at radius 1 is 1.32 bits per heavy atom. The first-order valence-corrected chi connectivity index (χ1v) is 8.50. The van der Waals surface area contributed by atoms with Gasteiger partial charge in [0.1, 0.15) is 11.7 Å². The smallest absolute Gasteiger partial charge is 0.162 e. The van der Waals surface area contributed by atoms with Crippen molar-refractivity contribution in [3.63, 3.8) is 0 Å². The molecule has 2 aliphatic carbocycles. The minimum Gasteiger partial charge on any atom is -0.390 e. The van der Waals surface area contributed by atoms with Gasteiger partial charge in [0, 0.05) is 6.42 Å². The first-order chi connectivity index (χ1) is 10.2. The summed E-state index contributed by atoms with van der Waals surface area (Å²) in [5, 5.41) is 10.3. The minimum absolute atomic E-state index is 0.0752. The molecule has 1 heterocycles. The number of rotatable bonds is 0. The molecule has 3 aliphatic rings. The molecule has 0 unspecified atom stereocenters. The van der Waals surface area contributed by atoms with Crippen LogP contribution in [0, 0.1) is 11.3 Å². The summed E-state index contributed by atoms with van der Waals surface area (Å²) in [5.41, 5.74) is 1.50. The summed E-state index contributed by atoms with van der Waals surface area (Å²) < 4.78 is 5.72. The second-order valence-electron chi connectivity index (χ2n) is 8.12. The van der Waals surface area contributed by atoms with Crippen LogP contribution in [0.2, 0.25) is 0 Å². The molecule has 1 aliphatic heterocycles. The van der Waals surface area contributed by atoms with E-state index in [4.69, 9.17) is 4.74 Å². The molecule has 2 bridgehead atoms. The Morgan fingerprint density at radius 2 is 2.05 bits per heavy atom. The quantitative estimate of drug-likeness (QED) is 0.550. The summed E-state index contributed by atoms with van der Waals surface area (Å²) in [7, 11) is 0. The highest BCUT2D eigenvalue weighted by atomic mass is 16.6. The van der Waals surface area contributed by atoms with E-state index in [0.717, 1.165) is 36.8 Å². The summed E-state index contributed by atoms with van der Waals surface area (Å²) in [6.45, 7) is 10.5. The fourth-order valence-corrected chi connectivity index (χ4v) is 4.43. The number of epoxide rings is 1. The van der Waals surface area contributed by atoms with E-state index in [2.05, 4.69) is 26.5 Å². The van der Waals surface area contributed by atoms with Gasteiger partial charge in [0.15, 0.2) is 5.78 Å². The highest BCUT2D eigenvalue weighted by Gasteiger charge is 2.57. The van der Waals surface area contributed by atoms with Crippen LogP contribution in [0.25, 0.3) is 0 Å². The summed E-state index contributed by atoms with van der Waals surface area (Å²) in [6, 6.07) is 0. The van der Waals surface area contributed by atoms with Gasteiger partial charge >= 0.3 is 0 Å². The average molecular weight is 304 g/mol. The van der Waals surface area contributed by atoms with Gasteiger partial charge < -0.3 is 9.84 Å². The Balaban J connectivity index is 1.90. The largest absolute Gasteiger partial charge is 0.390 e. The summed E-state index contributed by atoms with van der Waals surface area (Å²) in [6.07, 6.45) is 6.44. The maximum absolute atomic E-state index is 12.8. The third kappa shape index (κ3) is 2.69. The summed E-state index contributed by atoms with van der Waals surface area (Å²) in [5.74, 6) is 0.708. The topological polar surface area (TPSA) is 49.8 Å². The number of hydrogen-bond acceptors (Lipinski definition) is 3. The second-order valence-corrected chi connectivity index (χ2v) is 8.12. The molecule has 0 aromatic rings. The van der Waals surface area contributed by atoms with E-state index in [1.807, 2.05) is 6.92 Å². The number of aliphatic hydroxyl groups excluding tert-OH is 1. The molecule has 1 saturated heterocycles. The maximum Gasteiger partial charge on any atom is 0.162 e. The molecule has 0 amide bonds. The van der Waals surface area contributed by atoms with Crippen LogP contribution in [0.5, 0.6) is 0 Å². The zero-order valence-corrected chi connectivity index (χ0v) is 14.0. The maximum atomic E-state index is 12.8. The molecule has 1 saturated carbocycles. The molecule has 2 fully saturated rings. The number of ketones is 1. The fourth-order valence-electron chi connectivity index (χ4n) is 4.43. The summed E-state index contributed by atoms with van der Waals surface area (Å²) >= 11 is 0. The van der Waals surface area contributed by atoms with Gasteiger partial charge in [-0.25, -0.2) is 0 Å². The van der Waals surface area contributed by atoms with Crippen molar-refractivity contribution >= 4 is 5.78 Å². The van der Waals surface area contributed by atoms with Gasteiger partial charge in [0.25, 0.3) is 0 Å². The molecular formula is C19H28O3. The van der Waals surface area contributed by atoms with E-state index in [1.165, 1.54) is 0 Å². The number of allylic oxidation sites excluding steroid dienone is 2. The van der Waals surface area contributed by atoms with Crippen LogP contribution in [0.4, 0.5) is 0 Å². The Labute approximate surface area is 133 Å². The summed E-state index contributed by atoms with van der Waals surface area (Å²) in [4.78, 5) is 12.8. The lowest BCUT2D eigenvalue weighted by atomic mass is 9.64. The van der Waals surface area contributed by atoms with Crippen LogP contribution in [0.15, 0.2) is 23.8 Å². The van der Waals surface area contributed by atoms with Gasteiger partial charge in [-0.05, 0) is 55.9 Å². The zero-order valence-electron chi connectivity index (χ0n) is 14.0. The first kappa shape index (κ1) is 15.9. The van der Waals surface area contributed by atoms with Crippen molar-refractivity contribution in [2.24, 2.45) is 11.3 Å². The van der Waals surface area contributed by atoms with Gasteiger partial charge in [-0.3, -0.25) is 4.79 Å². The Kier molecular flexibility index (Phi) is 3.85. The number of carbonyl (C=O) groups excluding carboxylic acids is 1. The number of Topliss-reactive ketones (excluding diaryl/α,β-unsaturated/α-hetero) is 1. The Bertz CT molecular complexity index is 531. The number of ether oxygens (including phenoxy) is 1. The van der Waals surface area contributed by atoms with E-state index in [0.29, 0.717) is 18.8 Å². The average Bonchev–Trinajstić information content (AvgIpc) is 3.07. The molecule has 0 aromatic heterocycles. The molecule has 3 heteroatoms. The standard InChI is InChI=1S/C19H28O3/c1-12-8-9-13-6-5-7-14(18(13,2)3)16(21)11-19(4)17(22-19)15(20)10-12/h7,13,15,17,20H,1,5-6,8-11H2,2-4H3/t13-,15-,17-,19-/m0/s1. The van der Waals surface area contributed by atoms with Crippen molar-refractivity contribution in [1.29, 1.82) is 0 Å². The van der Waals surface area contributed by atoms with Gasteiger partial charge in [0.05, 0.1) is 6.10 Å². The molecule has 22 heavy (non-hydrogen) atoms. The molecule has 0 radical (unpaired) electrons. The minimum atomic E-state index is -0.536. The van der Waals surface area contributed by atoms with Gasteiger partial charge in [-0.2, -0.15) is 0 Å². The van der Waals surface area contributed by atoms with Crippen molar-refractivity contribution in [2.75, 3.05) is 0 Å². The lowest BCUT2D eigenvalue weighted by molar-refractivity contribution is -0.118. The van der Waals surface area contributed by atoms with Gasteiger partial charge in [-0.1, -0.05) is 32.1 Å². The lowest BCUT2D eigenvalue weighted by Gasteiger charge is -2.40. The monoisotopic (exact) mass is 304 g/mol. The molecule has 0 aromatic carbocycles. The van der Waals surface area contributed by atoms with E-state index < -0.39 is 11.7 Å². The van der Waals surface area contributed by atoms with Crippen LogP contribution in [0.3, 0.4) is 0 Å². The highest BCUT2D eigenvalue weighted by Crippen LogP contribution is 2.49. The van der Waals surface area contributed by atoms with Crippen LogP contribution < -0.4 is 0 Å². The zero-order chi connectivity index (χ0) is 16.1.